The predicted molar refractivity (Wildman–Crippen MR) is 208 cm³/mol. The molecule has 18 heteroatoms. The van der Waals surface area contributed by atoms with Gasteiger partial charge < -0.3 is 29.7 Å². The summed E-state index contributed by atoms with van der Waals surface area (Å²) in [5.41, 5.74) is -2.75. The molecule has 2 aliphatic heterocycles. The molecule has 2 aliphatic carbocycles. The van der Waals surface area contributed by atoms with E-state index in [9.17, 15) is 27.6 Å². The lowest BCUT2D eigenvalue weighted by Crippen LogP contribution is -2.61. The van der Waals surface area contributed by atoms with Crippen LogP contribution in [0.3, 0.4) is 0 Å². The van der Waals surface area contributed by atoms with E-state index in [1.54, 1.807) is 46.8 Å². The fourth-order valence-electron chi connectivity index (χ4n) is 8.23. The van der Waals surface area contributed by atoms with Crippen LogP contribution in [0.1, 0.15) is 111 Å². The molecule has 0 unspecified atom stereocenters. The van der Waals surface area contributed by atoms with E-state index in [4.69, 9.17) is 14.2 Å². The molecule has 4 amide bonds. The Balaban J connectivity index is 1.44. The molecule has 15 nitrogen and oxygen atoms in total. The molecule has 1 aromatic heterocycles. The lowest BCUT2D eigenvalue weighted by Gasteiger charge is -2.36. The number of carbonyl (C=O) groups is 4. The first-order chi connectivity index (χ1) is 27.2. The van der Waals surface area contributed by atoms with E-state index >= 15 is 8.78 Å². The second-order valence-electron chi connectivity index (χ2n) is 17.3. The summed E-state index contributed by atoms with van der Waals surface area (Å²) in [5.74, 6) is -7.05. The minimum Gasteiger partial charge on any atom is -0.497 e. The number of halogens is 2. The van der Waals surface area contributed by atoms with E-state index in [2.05, 4.69) is 25.3 Å². The third-order valence-electron chi connectivity index (χ3n) is 11.9. The second-order valence-corrected chi connectivity index (χ2v) is 19.3. The van der Waals surface area contributed by atoms with E-state index in [0.29, 0.717) is 44.3 Å². The number of fused-ring (bicyclic) bond motifs is 4. The molecule has 320 valence electrons. The number of nitrogens with zero attached hydrogens (tertiary/aromatic N) is 3. The van der Waals surface area contributed by atoms with E-state index in [1.165, 1.54) is 18.1 Å². The van der Waals surface area contributed by atoms with Crippen molar-refractivity contribution in [3.63, 3.8) is 0 Å². The summed E-state index contributed by atoms with van der Waals surface area (Å²) >= 11 is 0. The maximum atomic E-state index is 16.3. The third-order valence-corrected chi connectivity index (χ3v) is 13.7. The second kappa shape index (κ2) is 16.4. The highest BCUT2D eigenvalue weighted by molar-refractivity contribution is 7.91. The fourth-order valence-corrected chi connectivity index (χ4v) is 9.59. The van der Waals surface area contributed by atoms with Crippen molar-refractivity contribution in [1.82, 2.24) is 30.2 Å². The Bertz CT molecular complexity index is 2030. The monoisotopic (exact) mass is 834 g/mol. The van der Waals surface area contributed by atoms with Crippen molar-refractivity contribution in [1.29, 1.82) is 0 Å². The molecule has 7 atom stereocenters. The van der Waals surface area contributed by atoms with E-state index < -0.39 is 104 Å². The van der Waals surface area contributed by atoms with Gasteiger partial charge in [0.05, 0.1) is 29.9 Å². The van der Waals surface area contributed by atoms with Crippen LogP contribution in [0.4, 0.5) is 13.6 Å². The number of carbonyl (C=O) groups excluding carboxylic acids is 4. The molecule has 3 fully saturated rings. The number of alkyl halides is 2. The number of hydrogen-bond acceptors (Lipinski definition) is 11. The van der Waals surface area contributed by atoms with E-state index in [1.807, 2.05) is 6.92 Å². The fraction of sp³-hybridized carbons (Fsp3) is 0.700. The summed E-state index contributed by atoms with van der Waals surface area (Å²) in [6.07, 6.45) is 0.00157. The summed E-state index contributed by atoms with van der Waals surface area (Å²) < 4.78 is 77.9. The zero-order valence-electron chi connectivity index (χ0n) is 34.2. The van der Waals surface area contributed by atoms with Crippen LogP contribution in [0.15, 0.2) is 18.2 Å². The third kappa shape index (κ3) is 8.95. The first-order valence-electron chi connectivity index (χ1n) is 20.3. The summed E-state index contributed by atoms with van der Waals surface area (Å²) in [5, 5.41) is 4.88. The van der Waals surface area contributed by atoms with Gasteiger partial charge in [-0.25, -0.2) is 23.2 Å². The highest BCUT2D eigenvalue weighted by Gasteiger charge is 2.63. The van der Waals surface area contributed by atoms with Gasteiger partial charge in [0, 0.05) is 18.4 Å². The number of ether oxygens (including phenoxy) is 3. The zero-order chi connectivity index (χ0) is 42.4. The summed E-state index contributed by atoms with van der Waals surface area (Å²) in [6, 6.07) is 2.09. The Morgan fingerprint density at radius 3 is 2.38 bits per heavy atom. The quantitative estimate of drug-likeness (QED) is 0.320. The number of cyclic esters (lactones) is 1. The van der Waals surface area contributed by atoms with Gasteiger partial charge in [-0.15, -0.1) is 0 Å². The van der Waals surface area contributed by atoms with Crippen LogP contribution in [0, 0.1) is 17.3 Å². The van der Waals surface area contributed by atoms with Crippen molar-refractivity contribution in [2.75, 3.05) is 13.7 Å². The molecule has 2 aromatic rings. The Hall–Kier alpha value is -4.35. The number of sulfonamides is 1. The van der Waals surface area contributed by atoms with Crippen LogP contribution in [0.5, 0.6) is 11.6 Å². The zero-order valence-corrected chi connectivity index (χ0v) is 35.0. The Morgan fingerprint density at radius 1 is 1.03 bits per heavy atom. The molecule has 0 spiro atoms. The number of aromatic nitrogens is 2. The number of amides is 4. The van der Waals surface area contributed by atoms with Crippen molar-refractivity contribution in [2.24, 2.45) is 17.3 Å². The van der Waals surface area contributed by atoms with Gasteiger partial charge in [0.25, 0.3) is 11.8 Å². The molecule has 1 aromatic carbocycles. The number of hydrogen-bond donors (Lipinski definition) is 3. The first kappa shape index (κ1) is 43.2. The Labute approximate surface area is 338 Å². The van der Waals surface area contributed by atoms with Crippen LogP contribution < -0.4 is 24.8 Å². The topological polar surface area (TPSA) is 195 Å². The number of benzene rings is 1. The maximum Gasteiger partial charge on any atom is 0.408 e. The summed E-state index contributed by atoms with van der Waals surface area (Å²) in [4.78, 5) is 66.7. The number of rotatable bonds is 8. The first-order valence-corrected chi connectivity index (χ1v) is 21.9. The van der Waals surface area contributed by atoms with Gasteiger partial charge in [0.1, 0.15) is 35.6 Å². The van der Waals surface area contributed by atoms with Gasteiger partial charge in [0.15, 0.2) is 5.69 Å². The Kier molecular flexibility index (Phi) is 12.2. The highest BCUT2D eigenvalue weighted by atomic mass is 32.2. The molecule has 6 rings (SSSR count). The van der Waals surface area contributed by atoms with Gasteiger partial charge in [0.2, 0.25) is 27.7 Å². The number of methoxy groups -OCH3 is 1. The van der Waals surface area contributed by atoms with E-state index in [-0.39, 0.29) is 42.8 Å². The van der Waals surface area contributed by atoms with Gasteiger partial charge in [-0.3, -0.25) is 19.1 Å². The van der Waals surface area contributed by atoms with Crippen LogP contribution in [-0.4, -0.2) is 95.8 Å². The van der Waals surface area contributed by atoms with Crippen molar-refractivity contribution < 1.29 is 50.6 Å². The van der Waals surface area contributed by atoms with Crippen LogP contribution in [-0.2, 0) is 35.1 Å². The van der Waals surface area contributed by atoms with Gasteiger partial charge in [-0.2, -0.15) is 8.78 Å². The molecule has 0 radical (unpaired) electrons. The van der Waals surface area contributed by atoms with Crippen molar-refractivity contribution in [3.8, 4) is 11.6 Å². The number of nitrogens with one attached hydrogen (secondary N) is 3. The lowest BCUT2D eigenvalue weighted by molar-refractivity contribution is -0.143. The minimum absolute atomic E-state index is 0.126. The van der Waals surface area contributed by atoms with Crippen LogP contribution in [0.2, 0.25) is 0 Å². The average Bonchev–Trinajstić information content (AvgIpc) is 4.08. The largest absolute Gasteiger partial charge is 0.497 e. The minimum atomic E-state index is -3.96. The average molecular weight is 835 g/mol. The summed E-state index contributed by atoms with van der Waals surface area (Å²) in [6.45, 7) is 10.2. The van der Waals surface area contributed by atoms with Crippen molar-refractivity contribution in [2.45, 2.75) is 147 Å². The van der Waals surface area contributed by atoms with E-state index in [0.717, 1.165) is 0 Å². The SMILES string of the molecule is CC[C@@H]1[C@@H]2CN(C(=O)[C@H](C(C)(C)C)NC(=O)O[C@H](C)CCCCCC(F)(F)c3nc4ccc(OC)cc4nc3O2)[C@@H]1C(=O)N[C@]1(C(=O)NS(=O)(=O)C2CC2)C[C@H]1CC. The molecule has 58 heavy (non-hydrogen) atoms. The molecule has 3 N–H and O–H groups in total. The molecule has 3 heterocycles. The van der Waals surface area contributed by atoms with Crippen molar-refractivity contribution >= 4 is 44.9 Å². The lowest BCUT2D eigenvalue weighted by atomic mass is 9.85. The van der Waals surface area contributed by atoms with Gasteiger partial charge >= 0.3 is 6.09 Å². The van der Waals surface area contributed by atoms with Gasteiger partial charge in [-0.05, 0) is 75.3 Å². The normalized spacial score (nSPS) is 29.5. The Morgan fingerprint density at radius 2 is 1.76 bits per heavy atom. The van der Waals surface area contributed by atoms with Crippen LogP contribution >= 0.6 is 0 Å². The van der Waals surface area contributed by atoms with Gasteiger partial charge in [-0.1, -0.05) is 47.5 Å². The predicted octanol–water partition coefficient (Wildman–Crippen LogP) is 5.10. The molecule has 2 bridgehead atoms. The molecular formula is C40H56F2N6O9S. The molecule has 1 saturated heterocycles. The number of alkyl carbamates (subject to hydrolysis) is 1. The molecule has 4 aliphatic rings. The van der Waals surface area contributed by atoms with Crippen molar-refractivity contribution in [3.05, 3.63) is 23.9 Å². The smallest absolute Gasteiger partial charge is 0.408 e. The molecular weight excluding hydrogens is 779 g/mol. The summed E-state index contributed by atoms with van der Waals surface area (Å²) in [7, 11) is -2.50. The standard InChI is InChI=1S/C40H56F2N6O9S/c1-8-23-20-39(23,36(51)47-58(53,54)25-15-16-25)46-33(49)30-26(9-2)29-21-48(30)35(50)32(38(4,5)6)45-37(52)56-22(3)13-11-10-12-18-40(41,42)31-34(57-29)44-28-19-24(55-7)14-17-27(28)43-31/h14,17,19,22-23,25-26,29-30,32H,8-13,15-16,18,20-21H2,1-7H3,(H,45,52)(H,46,49)(H,47,51)/t22-,23-,26-,29+,30+,32-,39-/m1/s1. The molecule has 2 saturated carbocycles. The van der Waals surface area contributed by atoms with Crippen LogP contribution in [0.25, 0.3) is 11.0 Å². The maximum absolute atomic E-state index is 16.3. The highest BCUT2D eigenvalue weighted by Crippen LogP contribution is 2.47.